The van der Waals surface area contributed by atoms with E-state index in [4.69, 9.17) is 14.2 Å². The molecule has 2 saturated carbocycles. The Morgan fingerprint density at radius 1 is 0.976 bits per heavy atom. The summed E-state index contributed by atoms with van der Waals surface area (Å²) in [7, 11) is 3.32. The number of rotatable bonds is 13. The van der Waals surface area contributed by atoms with Crippen molar-refractivity contribution in [2.24, 2.45) is 11.8 Å². The third-order valence-electron chi connectivity index (χ3n) is 8.78. The minimum Gasteiger partial charge on any atom is -0.497 e. The third-order valence-corrected chi connectivity index (χ3v) is 8.78. The van der Waals surface area contributed by atoms with Crippen LogP contribution in [0, 0.1) is 11.8 Å². The second kappa shape index (κ2) is 13.7. The molecule has 2 aromatic carbocycles. The van der Waals surface area contributed by atoms with E-state index in [1.807, 2.05) is 41.3 Å². The molecule has 41 heavy (non-hydrogen) atoms. The maximum Gasteiger partial charge on any atom is 0.227 e. The van der Waals surface area contributed by atoms with Gasteiger partial charge in [0.05, 0.1) is 31.1 Å². The maximum atomic E-state index is 13.9. The molecule has 3 aliphatic rings. The summed E-state index contributed by atoms with van der Waals surface area (Å²) in [5.74, 6) is 1.16. The second-order valence-corrected chi connectivity index (χ2v) is 11.8. The molecule has 0 unspecified atom stereocenters. The summed E-state index contributed by atoms with van der Waals surface area (Å²) >= 11 is 0. The number of carbonyl (C=O) groups excluding carboxylic acids is 2. The molecule has 2 N–H and O–H groups in total. The standard InChI is InChI=1S/C33H45N3O5/c1-39-15-8-16-41-30-18-24(17-29(20-30)40-2)23-36(28-11-12-28)32(38)26-19-25(21-34-22-26)31(37)35-33(13-6-7-14-33)27-9-4-3-5-10-27/h3-5,9-10,17-18,20,25-26,28,34H,6-8,11-16,19,21-23H2,1-2H3,(H,35,37)/t25-,26+/m0/s1. The minimum atomic E-state index is -0.301. The van der Waals surface area contributed by atoms with Crippen LogP contribution in [-0.4, -0.2) is 63.3 Å². The first-order chi connectivity index (χ1) is 20.0. The van der Waals surface area contributed by atoms with E-state index in [1.165, 1.54) is 5.56 Å². The first-order valence-corrected chi connectivity index (χ1v) is 15.2. The van der Waals surface area contributed by atoms with Crippen LogP contribution < -0.4 is 20.1 Å². The Balaban J connectivity index is 1.24. The van der Waals surface area contributed by atoms with Crippen molar-refractivity contribution in [2.75, 3.05) is 40.5 Å². The van der Waals surface area contributed by atoms with Crippen LogP contribution in [-0.2, 0) is 26.4 Å². The molecule has 0 aromatic heterocycles. The first-order valence-electron chi connectivity index (χ1n) is 15.2. The highest BCUT2D eigenvalue weighted by molar-refractivity contribution is 5.84. The van der Waals surface area contributed by atoms with Gasteiger partial charge in [-0.15, -0.1) is 0 Å². The molecule has 0 radical (unpaired) electrons. The van der Waals surface area contributed by atoms with Crippen molar-refractivity contribution < 1.29 is 23.8 Å². The number of benzene rings is 2. The van der Waals surface area contributed by atoms with Crippen LogP contribution in [0.5, 0.6) is 11.5 Å². The summed E-state index contributed by atoms with van der Waals surface area (Å²) in [6.45, 7) is 2.89. The van der Waals surface area contributed by atoms with Gasteiger partial charge in [0.25, 0.3) is 0 Å². The highest BCUT2D eigenvalue weighted by Crippen LogP contribution is 2.39. The number of hydrogen-bond acceptors (Lipinski definition) is 6. The Hall–Kier alpha value is -3.10. The largest absolute Gasteiger partial charge is 0.497 e. The van der Waals surface area contributed by atoms with E-state index >= 15 is 0 Å². The molecular formula is C33H45N3O5. The van der Waals surface area contributed by atoms with Gasteiger partial charge in [-0.25, -0.2) is 0 Å². The highest BCUT2D eigenvalue weighted by Gasteiger charge is 2.42. The Morgan fingerprint density at radius 3 is 2.41 bits per heavy atom. The number of hydrogen-bond donors (Lipinski definition) is 2. The second-order valence-electron chi connectivity index (χ2n) is 11.8. The summed E-state index contributed by atoms with van der Waals surface area (Å²) in [5.41, 5.74) is 1.86. The van der Waals surface area contributed by atoms with Crippen LogP contribution in [0.3, 0.4) is 0 Å². The van der Waals surface area contributed by atoms with E-state index in [1.54, 1.807) is 14.2 Å². The molecule has 2 amide bonds. The van der Waals surface area contributed by atoms with Crippen LogP contribution in [0.2, 0.25) is 0 Å². The number of methoxy groups -OCH3 is 2. The van der Waals surface area contributed by atoms with Gasteiger partial charge in [-0.05, 0) is 55.4 Å². The normalized spacial score (nSPS) is 21.7. The van der Waals surface area contributed by atoms with E-state index in [0.29, 0.717) is 45.0 Å². The summed E-state index contributed by atoms with van der Waals surface area (Å²) in [6, 6.07) is 16.5. The van der Waals surface area contributed by atoms with Gasteiger partial charge in [0.15, 0.2) is 0 Å². The van der Waals surface area contributed by atoms with Crippen LogP contribution in [0.25, 0.3) is 0 Å². The zero-order valence-electron chi connectivity index (χ0n) is 24.5. The number of carbonyl (C=O) groups is 2. The molecule has 2 aliphatic carbocycles. The van der Waals surface area contributed by atoms with Crippen molar-refractivity contribution in [3.05, 3.63) is 59.7 Å². The molecule has 2 aromatic rings. The summed E-state index contributed by atoms with van der Waals surface area (Å²) < 4.78 is 16.6. The van der Waals surface area contributed by atoms with Crippen molar-refractivity contribution in [1.29, 1.82) is 0 Å². The predicted molar refractivity (Wildman–Crippen MR) is 158 cm³/mol. The summed E-state index contributed by atoms with van der Waals surface area (Å²) in [4.78, 5) is 29.6. The number of piperidine rings is 1. The zero-order chi connectivity index (χ0) is 28.7. The number of ether oxygens (including phenoxy) is 3. The van der Waals surface area contributed by atoms with Gasteiger partial charge in [0.1, 0.15) is 11.5 Å². The molecule has 2 atom stereocenters. The molecule has 1 aliphatic heterocycles. The molecule has 8 heteroatoms. The monoisotopic (exact) mass is 563 g/mol. The van der Waals surface area contributed by atoms with Crippen LogP contribution in [0.15, 0.2) is 48.5 Å². The van der Waals surface area contributed by atoms with E-state index in [-0.39, 0.29) is 35.2 Å². The van der Waals surface area contributed by atoms with Gasteiger partial charge >= 0.3 is 0 Å². The SMILES string of the molecule is COCCCOc1cc(CN(C(=O)[C@H]2CNC[C@@H](C(=O)NC3(c4ccccc4)CCCC3)C2)C2CC2)cc(OC)c1. The van der Waals surface area contributed by atoms with Gasteiger partial charge in [0.2, 0.25) is 11.8 Å². The van der Waals surface area contributed by atoms with Gasteiger partial charge < -0.3 is 29.7 Å². The van der Waals surface area contributed by atoms with Gasteiger partial charge in [-0.1, -0.05) is 43.2 Å². The molecule has 1 saturated heterocycles. The quantitative estimate of drug-likeness (QED) is 0.351. The van der Waals surface area contributed by atoms with Crippen molar-refractivity contribution in [3.63, 3.8) is 0 Å². The van der Waals surface area contributed by atoms with Crippen LogP contribution >= 0.6 is 0 Å². The molecule has 3 fully saturated rings. The fourth-order valence-electron chi connectivity index (χ4n) is 6.41. The molecule has 0 bridgehead atoms. The molecule has 1 heterocycles. The zero-order valence-corrected chi connectivity index (χ0v) is 24.5. The smallest absolute Gasteiger partial charge is 0.227 e. The van der Waals surface area contributed by atoms with Crippen molar-refractivity contribution >= 4 is 11.8 Å². The minimum absolute atomic E-state index is 0.0572. The molecule has 8 nitrogen and oxygen atoms in total. The fraction of sp³-hybridized carbons (Fsp3) is 0.576. The number of amides is 2. The van der Waals surface area contributed by atoms with E-state index in [9.17, 15) is 9.59 Å². The fourth-order valence-corrected chi connectivity index (χ4v) is 6.41. The number of nitrogens with one attached hydrogen (secondary N) is 2. The van der Waals surface area contributed by atoms with Gasteiger partial charge in [-0.3, -0.25) is 9.59 Å². The van der Waals surface area contributed by atoms with E-state index in [2.05, 4.69) is 22.8 Å². The third kappa shape index (κ3) is 7.41. The van der Waals surface area contributed by atoms with E-state index in [0.717, 1.165) is 56.3 Å². The Kier molecular flexibility index (Phi) is 9.83. The average Bonchev–Trinajstić information content (AvgIpc) is 3.75. The molecular weight excluding hydrogens is 518 g/mol. The Labute approximate surface area is 244 Å². The Morgan fingerprint density at radius 2 is 1.71 bits per heavy atom. The Bertz CT molecular complexity index is 1160. The summed E-state index contributed by atoms with van der Waals surface area (Å²) in [5, 5.41) is 6.85. The predicted octanol–water partition coefficient (Wildman–Crippen LogP) is 4.41. The average molecular weight is 564 g/mol. The van der Waals surface area contributed by atoms with Crippen molar-refractivity contribution in [1.82, 2.24) is 15.5 Å². The van der Waals surface area contributed by atoms with Crippen LogP contribution in [0.4, 0.5) is 0 Å². The van der Waals surface area contributed by atoms with Gasteiger partial charge in [0, 0.05) is 51.9 Å². The lowest BCUT2D eigenvalue weighted by atomic mass is 9.85. The van der Waals surface area contributed by atoms with Crippen molar-refractivity contribution in [2.45, 2.75) is 69.5 Å². The van der Waals surface area contributed by atoms with E-state index < -0.39 is 0 Å². The van der Waals surface area contributed by atoms with Gasteiger partial charge in [-0.2, -0.15) is 0 Å². The lowest BCUT2D eigenvalue weighted by Gasteiger charge is -2.36. The van der Waals surface area contributed by atoms with Crippen molar-refractivity contribution in [3.8, 4) is 11.5 Å². The number of nitrogens with zero attached hydrogens (tertiary/aromatic N) is 1. The summed E-state index contributed by atoms with van der Waals surface area (Å²) in [6.07, 6.45) is 7.53. The van der Waals surface area contributed by atoms with Crippen LogP contribution in [0.1, 0.15) is 62.5 Å². The topological polar surface area (TPSA) is 89.1 Å². The molecule has 5 rings (SSSR count). The highest BCUT2D eigenvalue weighted by atomic mass is 16.5. The lowest BCUT2D eigenvalue weighted by molar-refractivity contribution is -0.139. The molecule has 222 valence electrons. The lowest BCUT2D eigenvalue weighted by Crippen LogP contribution is -2.53. The first kappa shape index (κ1) is 29.4. The molecule has 0 spiro atoms. The maximum absolute atomic E-state index is 13.9.